The minimum atomic E-state index is -0.303. The predicted octanol–water partition coefficient (Wildman–Crippen LogP) is 3.44. The van der Waals surface area contributed by atoms with Crippen molar-refractivity contribution >= 4 is 12.0 Å². The Labute approximate surface area is 108 Å². The van der Waals surface area contributed by atoms with E-state index in [-0.39, 0.29) is 5.97 Å². The molecule has 1 rings (SSSR count). The molecule has 0 unspecified atom stereocenters. The summed E-state index contributed by atoms with van der Waals surface area (Å²) in [6.45, 7) is 5.22. The molecule has 0 radical (unpaired) electrons. The van der Waals surface area contributed by atoms with Crippen molar-refractivity contribution in [2.24, 2.45) is 0 Å². The highest BCUT2D eigenvalue weighted by molar-refractivity contribution is 5.87. The van der Waals surface area contributed by atoms with E-state index < -0.39 is 0 Å². The van der Waals surface area contributed by atoms with E-state index in [2.05, 4.69) is 6.92 Å². The number of rotatable bonds is 7. The molecular weight excluding hydrogens is 228 g/mol. The van der Waals surface area contributed by atoms with E-state index in [0.29, 0.717) is 6.61 Å². The third-order valence-electron chi connectivity index (χ3n) is 2.21. The Morgan fingerprint density at radius 2 is 1.78 bits per heavy atom. The van der Waals surface area contributed by atoms with E-state index in [1.807, 2.05) is 31.2 Å². The molecule has 3 nitrogen and oxygen atoms in total. The fraction of sp³-hybridized carbons (Fsp3) is 0.400. The third-order valence-corrected chi connectivity index (χ3v) is 2.21. The molecule has 0 heterocycles. The fourth-order valence-electron chi connectivity index (χ4n) is 1.31. The molecule has 0 atom stereocenters. The zero-order valence-corrected chi connectivity index (χ0v) is 11.0. The Balaban J connectivity index is 2.47. The average Bonchev–Trinajstić information content (AvgIpc) is 2.41. The Morgan fingerprint density at radius 1 is 1.11 bits per heavy atom. The van der Waals surface area contributed by atoms with E-state index in [1.165, 1.54) is 6.08 Å². The van der Waals surface area contributed by atoms with Gasteiger partial charge >= 0.3 is 5.97 Å². The van der Waals surface area contributed by atoms with E-state index in [9.17, 15) is 4.79 Å². The third kappa shape index (κ3) is 5.53. The maximum absolute atomic E-state index is 11.2. The number of hydrogen-bond acceptors (Lipinski definition) is 3. The summed E-state index contributed by atoms with van der Waals surface area (Å²) in [6.07, 6.45) is 5.01. The van der Waals surface area contributed by atoms with Crippen molar-refractivity contribution in [3.8, 4) is 5.75 Å². The standard InChI is InChI=1S/C15H20O3/c1-3-11-17-14-8-5-13(6-9-14)7-10-15(16)18-12-4-2/h5-10H,3-4,11-12H2,1-2H3. The van der Waals surface area contributed by atoms with Gasteiger partial charge in [0.15, 0.2) is 0 Å². The van der Waals surface area contributed by atoms with Crippen LogP contribution in [0.2, 0.25) is 0 Å². The minimum Gasteiger partial charge on any atom is -0.494 e. The van der Waals surface area contributed by atoms with Crippen molar-refractivity contribution in [3.05, 3.63) is 35.9 Å². The van der Waals surface area contributed by atoms with Gasteiger partial charge in [-0.2, -0.15) is 0 Å². The summed E-state index contributed by atoms with van der Waals surface area (Å²) < 4.78 is 10.4. The summed E-state index contributed by atoms with van der Waals surface area (Å²) in [6, 6.07) is 7.61. The van der Waals surface area contributed by atoms with Crippen LogP contribution in [0.15, 0.2) is 30.3 Å². The van der Waals surface area contributed by atoms with Crippen LogP contribution in [0.3, 0.4) is 0 Å². The normalized spacial score (nSPS) is 10.6. The lowest BCUT2D eigenvalue weighted by Crippen LogP contribution is -2.00. The van der Waals surface area contributed by atoms with Gasteiger partial charge in [0.2, 0.25) is 0 Å². The highest BCUT2D eigenvalue weighted by Crippen LogP contribution is 2.13. The van der Waals surface area contributed by atoms with Crippen LogP contribution >= 0.6 is 0 Å². The molecule has 98 valence electrons. The van der Waals surface area contributed by atoms with Crippen molar-refractivity contribution in [3.63, 3.8) is 0 Å². The van der Waals surface area contributed by atoms with E-state index >= 15 is 0 Å². The number of carbonyl (C=O) groups is 1. The van der Waals surface area contributed by atoms with Gasteiger partial charge in [0, 0.05) is 6.08 Å². The number of carbonyl (C=O) groups excluding carboxylic acids is 1. The summed E-state index contributed by atoms with van der Waals surface area (Å²) >= 11 is 0. The molecule has 0 bridgehead atoms. The van der Waals surface area contributed by atoms with Crippen LogP contribution in [-0.2, 0) is 9.53 Å². The van der Waals surface area contributed by atoms with E-state index in [4.69, 9.17) is 9.47 Å². The maximum atomic E-state index is 11.2. The predicted molar refractivity (Wildman–Crippen MR) is 72.5 cm³/mol. The Hall–Kier alpha value is -1.77. The molecule has 18 heavy (non-hydrogen) atoms. The maximum Gasteiger partial charge on any atom is 0.330 e. The first-order valence-corrected chi connectivity index (χ1v) is 6.34. The molecule has 0 aliphatic carbocycles. The van der Waals surface area contributed by atoms with Crippen LogP contribution in [0.1, 0.15) is 32.3 Å². The molecule has 3 heteroatoms. The van der Waals surface area contributed by atoms with Crippen LogP contribution in [0.25, 0.3) is 6.08 Å². The molecule has 0 amide bonds. The Bertz CT molecular complexity index is 379. The quantitative estimate of drug-likeness (QED) is 0.547. The summed E-state index contributed by atoms with van der Waals surface area (Å²) in [7, 11) is 0. The van der Waals surface area contributed by atoms with Gasteiger partial charge < -0.3 is 9.47 Å². The van der Waals surface area contributed by atoms with Gasteiger partial charge in [-0.25, -0.2) is 4.79 Å². The summed E-state index contributed by atoms with van der Waals surface area (Å²) in [5.74, 6) is 0.547. The first-order valence-electron chi connectivity index (χ1n) is 6.34. The number of esters is 1. The number of benzene rings is 1. The van der Waals surface area contributed by atoms with Gasteiger partial charge in [-0.1, -0.05) is 26.0 Å². The first kappa shape index (κ1) is 14.3. The lowest BCUT2D eigenvalue weighted by Gasteiger charge is -2.04. The van der Waals surface area contributed by atoms with Crippen molar-refractivity contribution in [2.75, 3.05) is 13.2 Å². The van der Waals surface area contributed by atoms with Crippen molar-refractivity contribution < 1.29 is 14.3 Å². The zero-order chi connectivity index (χ0) is 13.2. The second kappa shape index (κ2) is 8.34. The smallest absolute Gasteiger partial charge is 0.330 e. The van der Waals surface area contributed by atoms with Crippen LogP contribution < -0.4 is 4.74 Å². The van der Waals surface area contributed by atoms with Gasteiger partial charge in [-0.15, -0.1) is 0 Å². The largest absolute Gasteiger partial charge is 0.494 e. The van der Waals surface area contributed by atoms with E-state index in [1.54, 1.807) is 6.08 Å². The molecule has 0 saturated heterocycles. The molecule has 0 saturated carbocycles. The Morgan fingerprint density at radius 3 is 2.39 bits per heavy atom. The summed E-state index contributed by atoms with van der Waals surface area (Å²) in [5, 5.41) is 0. The van der Waals surface area contributed by atoms with Gasteiger partial charge in [0.1, 0.15) is 5.75 Å². The zero-order valence-electron chi connectivity index (χ0n) is 11.0. The lowest BCUT2D eigenvalue weighted by molar-refractivity contribution is -0.137. The topological polar surface area (TPSA) is 35.5 Å². The second-order valence-electron chi connectivity index (χ2n) is 3.92. The molecule has 0 spiro atoms. The molecule has 0 fully saturated rings. The van der Waals surface area contributed by atoms with E-state index in [0.717, 1.165) is 30.8 Å². The fourth-order valence-corrected chi connectivity index (χ4v) is 1.31. The van der Waals surface area contributed by atoms with Gasteiger partial charge in [-0.3, -0.25) is 0 Å². The van der Waals surface area contributed by atoms with Gasteiger partial charge in [-0.05, 0) is 36.6 Å². The van der Waals surface area contributed by atoms with Crippen molar-refractivity contribution in [2.45, 2.75) is 26.7 Å². The highest BCUT2D eigenvalue weighted by Gasteiger charge is 1.96. The average molecular weight is 248 g/mol. The Kier molecular flexibility index (Phi) is 6.62. The molecule has 0 aliphatic heterocycles. The van der Waals surface area contributed by atoms with Crippen LogP contribution in [0, 0.1) is 0 Å². The second-order valence-corrected chi connectivity index (χ2v) is 3.92. The van der Waals surface area contributed by atoms with Crippen molar-refractivity contribution in [1.82, 2.24) is 0 Å². The number of hydrogen-bond donors (Lipinski definition) is 0. The molecular formula is C15H20O3. The number of ether oxygens (including phenoxy) is 2. The van der Waals surface area contributed by atoms with Gasteiger partial charge in [0.05, 0.1) is 13.2 Å². The molecule has 1 aromatic rings. The molecule has 0 aliphatic rings. The summed E-state index contributed by atoms with van der Waals surface area (Å²) in [5.41, 5.74) is 0.951. The van der Waals surface area contributed by atoms with Crippen molar-refractivity contribution in [1.29, 1.82) is 0 Å². The first-order chi connectivity index (χ1) is 8.76. The van der Waals surface area contributed by atoms with Crippen LogP contribution in [-0.4, -0.2) is 19.2 Å². The lowest BCUT2D eigenvalue weighted by atomic mass is 10.2. The molecule has 1 aromatic carbocycles. The SMILES string of the molecule is CCCOC(=O)C=Cc1ccc(OCCC)cc1. The van der Waals surface area contributed by atoms with Gasteiger partial charge in [0.25, 0.3) is 0 Å². The van der Waals surface area contributed by atoms with Crippen LogP contribution in [0.5, 0.6) is 5.75 Å². The molecule has 0 aromatic heterocycles. The highest BCUT2D eigenvalue weighted by atomic mass is 16.5. The monoisotopic (exact) mass is 248 g/mol. The van der Waals surface area contributed by atoms with Crippen LogP contribution in [0.4, 0.5) is 0 Å². The summed E-state index contributed by atoms with van der Waals surface area (Å²) in [4.78, 5) is 11.2. The minimum absolute atomic E-state index is 0.303. The molecule has 0 N–H and O–H groups in total.